The van der Waals surface area contributed by atoms with Crippen LogP contribution >= 0.6 is 11.3 Å². The van der Waals surface area contributed by atoms with Crippen molar-refractivity contribution >= 4 is 37.9 Å². The van der Waals surface area contributed by atoms with Crippen LogP contribution in [-0.2, 0) is 14.6 Å². The lowest BCUT2D eigenvalue weighted by Gasteiger charge is -2.11. The van der Waals surface area contributed by atoms with E-state index in [-0.39, 0.29) is 26.6 Å². The van der Waals surface area contributed by atoms with Gasteiger partial charge < -0.3 is 0 Å². The zero-order valence-electron chi connectivity index (χ0n) is 13.2. The number of nitrogens with zero attached hydrogens (tertiary/aromatic N) is 1. The largest absolute Gasteiger partial charge is 0.296 e. The SMILES string of the molecule is N=C(C(=O)Nc1ncc(F)s1)c1ccc(S(=O)(=O)C2CCCC2)cc1. The standard InChI is InChI=1S/C16H16FN3O3S2/c17-13-9-19-16(24-13)20-15(21)14(18)10-5-7-12(8-6-10)25(22,23)11-3-1-2-4-11/h5-9,11,18H,1-4H2,(H,19,20,21). The minimum Gasteiger partial charge on any atom is -0.296 e. The molecule has 132 valence electrons. The lowest BCUT2D eigenvalue weighted by atomic mass is 10.1. The quantitative estimate of drug-likeness (QED) is 0.778. The molecule has 2 aromatic rings. The number of anilines is 1. The van der Waals surface area contributed by atoms with Gasteiger partial charge in [0.25, 0.3) is 5.91 Å². The Labute approximate surface area is 148 Å². The van der Waals surface area contributed by atoms with Gasteiger partial charge in [0.05, 0.1) is 16.3 Å². The molecule has 0 radical (unpaired) electrons. The average molecular weight is 381 g/mol. The molecule has 9 heteroatoms. The molecular formula is C16H16FN3O3S2. The van der Waals surface area contributed by atoms with Crippen LogP contribution in [0.25, 0.3) is 0 Å². The van der Waals surface area contributed by atoms with Gasteiger partial charge in [-0.05, 0) is 25.0 Å². The van der Waals surface area contributed by atoms with Crippen LogP contribution in [0.5, 0.6) is 0 Å². The van der Waals surface area contributed by atoms with E-state index in [1.165, 1.54) is 24.3 Å². The molecule has 1 aromatic heterocycles. The second-order valence-electron chi connectivity index (χ2n) is 5.77. The number of thiazole rings is 1. The van der Waals surface area contributed by atoms with Gasteiger partial charge >= 0.3 is 0 Å². The van der Waals surface area contributed by atoms with Crippen LogP contribution in [0.1, 0.15) is 31.2 Å². The molecule has 1 aliphatic carbocycles. The monoisotopic (exact) mass is 381 g/mol. The predicted octanol–water partition coefficient (Wildman–Crippen LogP) is 3.01. The number of halogens is 1. The Bertz CT molecular complexity index is 901. The zero-order valence-corrected chi connectivity index (χ0v) is 14.8. The molecule has 2 N–H and O–H groups in total. The van der Waals surface area contributed by atoms with E-state index in [1.54, 1.807) is 0 Å². The van der Waals surface area contributed by atoms with Crippen molar-refractivity contribution in [2.75, 3.05) is 5.32 Å². The van der Waals surface area contributed by atoms with Crippen molar-refractivity contribution < 1.29 is 17.6 Å². The van der Waals surface area contributed by atoms with Gasteiger partial charge in [0.15, 0.2) is 20.1 Å². The van der Waals surface area contributed by atoms with Gasteiger partial charge in [0.2, 0.25) is 0 Å². The topological polar surface area (TPSA) is 100.0 Å². The Balaban J connectivity index is 1.73. The maximum absolute atomic E-state index is 12.9. The molecule has 1 heterocycles. The fourth-order valence-corrected chi connectivity index (χ4v) is 5.20. The number of rotatable bonds is 5. The lowest BCUT2D eigenvalue weighted by molar-refractivity contribution is -0.110. The highest BCUT2D eigenvalue weighted by molar-refractivity contribution is 7.92. The first-order chi connectivity index (χ1) is 11.9. The van der Waals surface area contributed by atoms with E-state index in [4.69, 9.17) is 5.41 Å². The van der Waals surface area contributed by atoms with Crippen molar-refractivity contribution in [2.45, 2.75) is 35.8 Å². The highest BCUT2D eigenvalue weighted by Gasteiger charge is 2.30. The Morgan fingerprint density at radius 2 is 1.88 bits per heavy atom. The van der Waals surface area contributed by atoms with Crippen LogP contribution in [0.3, 0.4) is 0 Å². The van der Waals surface area contributed by atoms with E-state index < -0.39 is 20.9 Å². The van der Waals surface area contributed by atoms with Crippen molar-refractivity contribution in [1.29, 1.82) is 5.41 Å². The van der Waals surface area contributed by atoms with Gasteiger partial charge in [0, 0.05) is 5.56 Å². The van der Waals surface area contributed by atoms with Crippen LogP contribution in [0.4, 0.5) is 9.52 Å². The van der Waals surface area contributed by atoms with E-state index in [0.29, 0.717) is 24.2 Å². The maximum Gasteiger partial charge on any atom is 0.275 e. The average Bonchev–Trinajstić information content (AvgIpc) is 3.26. The summed E-state index contributed by atoms with van der Waals surface area (Å²) in [6.45, 7) is 0. The molecule has 25 heavy (non-hydrogen) atoms. The van der Waals surface area contributed by atoms with Crippen LogP contribution in [0.2, 0.25) is 0 Å². The fraction of sp³-hybridized carbons (Fsp3) is 0.312. The first-order valence-electron chi connectivity index (χ1n) is 7.73. The molecule has 1 amide bonds. The van der Waals surface area contributed by atoms with E-state index >= 15 is 0 Å². The lowest BCUT2D eigenvalue weighted by Crippen LogP contribution is -2.23. The second kappa shape index (κ2) is 7.01. The summed E-state index contributed by atoms with van der Waals surface area (Å²) < 4.78 is 37.9. The number of sulfone groups is 1. The number of carbonyl (C=O) groups excluding carboxylic acids is 1. The summed E-state index contributed by atoms with van der Waals surface area (Å²) in [7, 11) is -3.37. The second-order valence-corrected chi connectivity index (χ2v) is 8.98. The Hall–Kier alpha value is -2.13. The van der Waals surface area contributed by atoms with Crippen molar-refractivity contribution in [1.82, 2.24) is 4.98 Å². The molecule has 0 bridgehead atoms. The molecule has 6 nitrogen and oxygen atoms in total. The van der Waals surface area contributed by atoms with Gasteiger partial charge in [-0.3, -0.25) is 15.5 Å². The highest BCUT2D eigenvalue weighted by atomic mass is 32.2. The normalized spacial score (nSPS) is 15.2. The highest BCUT2D eigenvalue weighted by Crippen LogP contribution is 2.29. The predicted molar refractivity (Wildman–Crippen MR) is 93.4 cm³/mol. The summed E-state index contributed by atoms with van der Waals surface area (Å²) in [5.41, 5.74) is -0.0691. The fourth-order valence-electron chi connectivity index (χ4n) is 2.81. The smallest absolute Gasteiger partial charge is 0.275 e. The Morgan fingerprint density at radius 1 is 1.24 bits per heavy atom. The summed E-state index contributed by atoms with van der Waals surface area (Å²) >= 11 is 0.663. The van der Waals surface area contributed by atoms with Crippen LogP contribution in [-0.4, -0.2) is 30.3 Å². The van der Waals surface area contributed by atoms with Gasteiger partial charge in [-0.25, -0.2) is 13.4 Å². The van der Waals surface area contributed by atoms with Crippen LogP contribution < -0.4 is 5.32 Å². The third-order valence-electron chi connectivity index (χ3n) is 4.14. The van der Waals surface area contributed by atoms with Gasteiger partial charge in [-0.2, -0.15) is 4.39 Å². The molecule has 0 spiro atoms. The third-order valence-corrected chi connectivity index (χ3v) is 7.12. The Kier molecular flexibility index (Phi) is 4.96. The van der Waals surface area contributed by atoms with E-state index in [1.807, 2.05) is 0 Å². The summed E-state index contributed by atoms with van der Waals surface area (Å²) in [6, 6.07) is 5.72. The van der Waals surface area contributed by atoms with E-state index in [9.17, 15) is 17.6 Å². The number of nitrogens with one attached hydrogen (secondary N) is 2. The number of carbonyl (C=O) groups is 1. The first kappa shape index (κ1) is 17.7. The molecule has 0 aliphatic heterocycles. The van der Waals surface area contributed by atoms with Crippen molar-refractivity contribution in [2.24, 2.45) is 0 Å². The molecule has 1 aromatic carbocycles. The van der Waals surface area contributed by atoms with Crippen LogP contribution in [0, 0.1) is 10.5 Å². The van der Waals surface area contributed by atoms with Crippen LogP contribution in [0.15, 0.2) is 35.4 Å². The summed E-state index contributed by atoms with van der Waals surface area (Å²) in [5, 5.41) is 9.42. The van der Waals surface area contributed by atoms with Crippen molar-refractivity contribution in [3.8, 4) is 0 Å². The molecule has 3 rings (SSSR count). The molecule has 0 saturated heterocycles. The third kappa shape index (κ3) is 3.77. The summed E-state index contributed by atoms with van der Waals surface area (Å²) in [5.74, 6) is -0.735. The molecule has 1 aliphatic rings. The number of aromatic nitrogens is 1. The molecule has 1 fully saturated rings. The molecular weight excluding hydrogens is 365 g/mol. The molecule has 1 saturated carbocycles. The number of amides is 1. The van der Waals surface area contributed by atoms with Crippen molar-refractivity contribution in [3.63, 3.8) is 0 Å². The Morgan fingerprint density at radius 3 is 2.44 bits per heavy atom. The van der Waals surface area contributed by atoms with Crippen molar-refractivity contribution in [3.05, 3.63) is 41.2 Å². The van der Waals surface area contributed by atoms with Gasteiger partial charge in [-0.1, -0.05) is 36.3 Å². The first-order valence-corrected chi connectivity index (χ1v) is 10.1. The molecule has 0 unspecified atom stereocenters. The molecule has 0 atom stereocenters. The van der Waals surface area contributed by atoms with Gasteiger partial charge in [-0.15, -0.1) is 0 Å². The summed E-state index contributed by atoms with van der Waals surface area (Å²) in [4.78, 5) is 15.9. The van der Waals surface area contributed by atoms with E-state index in [2.05, 4.69) is 10.3 Å². The van der Waals surface area contributed by atoms with Gasteiger partial charge in [0.1, 0.15) is 5.71 Å². The minimum atomic E-state index is -3.37. The minimum absolute atomic E-state index is 0.0627. The maximum atomic E-state index is 12.9. The number of hydrogen-bond donors (Lipinski definition) is 2. The summed E-state index contributed by atoms with van der Waals surface area (Å²) in [6.07, 6.45) is 4.17. The number of benzene rings is 1. The number of hydrogen-bond acceptors (Lipinski definition) is 6. The van der Waals surface area contributed by atoms with E-state index in [0.717, 1.165) is 19.0 Å². The zero-order chi connectivity index (χ0) is 18.0.